The summed E-state index contributed by atoms with van der Waals surface area (Å²) < 4.78 is 6.04. The molecule has 4 heteroatoms. The molecule has 0 fully saturated rings. The summed E-state index contributed by atoms with van der Waals surface area (Å²) in [5, 5.41) is 2.24. The highest BCUT2D eigenvalue weighted by atomic mass is 35.5. The lowest BCUT2D eigenvalue weighted by molar-refractivity contribution is 0.116. The molecule has 1 aromatic rings. The van der Waals surface area contributed by atoms with Crippen molar-refractivity contribution in [1.82, 2.24) is 0 Å². The molecule has 0 spiro atoms. The molecule has 19 heavy (non-hydrogen) atoms. The molecule has 104 valence electrons. The van der Waals surface area contributed by atoms with Crippen LogP contribution in [0.3, 0.4) is 0 Å². The lowest BCUT2D eigenvalue weighted by atomic mass is 10.0. The van der Waals surface area contributed by atoms with Crippen LogP contribution in [0.1, 0.15) is 44.3 Å². The van der Waals surface area contributed by atoms with Crippen LogP contribution in [0.15, 0.2) is 29.4 Å². The Balaban J connectivity index is 1.98. The van der Waals surface area contributed by atoms with Crippen molar-refractivity contribution in [1.29, 1.82) is 0 Å². The first-order valence-electron chi connectivity index (χ1n) is 6.65. The van der Waals surface area contributed by atoms with Crippen LogP contribution in [0.5, 0.6) is 0 Å². The Kier molecular flexibility index (Phi) is 5.93. The third kappa shape index (κ3) is 4.34. The largest absolute Gasteiger partial charge is 0.480 e. The zero-order valence-electron chi connectivity index (χ0n) is 11.0. The number of hydrogen-bond donors (Lipinski definition) is 0. The minimum Gasteiger partial charge on any atom is -0.480 e. The number of ether oxygens (including phenoxy) is 1. The molecule has 2 rings (SSSR count). The topological polar surface area (TPSA) is 9.23 Å². The zero-order chi connectivity index (χ0) is 13.7. The number of rotatable bonds is 5. The third-order valence-electron chi connectivity index (χ3n) is 3.06. The molecular formula is C15H18Cl2OS. The van der Waals surface area contributed by atoms with E-state index in [1.54, 1.807) is 0 Å². The van der Waals surface area contributed by atoms with Crippen molar-refractivity contribution >= 4 is 35.0 Å². The summed E-state index contributed by atoms with van der Waals surface area (Å²) in [6.07, 6.45) is 6.78. The number of hydrogen-bond acceptors (Lipinski definition) is 2. The maximum Gasteiger partial charge on any atom is 0.150 e. The summed E-state index contributed by atoms with van der Waals surface area (Å²) >= 11 is 13.8. The number of thioether (sulfide) groups is 1. The number of benzene rings is 1. The second-order valence-corrected chi connectivity index (χ2v) is 6.50. The van der Waals surface area contributed by atoms with Crippen LogP contribution < -0.4 is 0 Å². The summed E-state index contributed by atoms with van der Waals surface area (Å²) in [5.41, 5.74) is 1.11. The zero-order valence-corrected chi connectivity index (χ0v) is 13.3. The molecule has 0 bridgehead atoms. The van der Waals surface area contributed by atoms with Crippen LogP contribution in [0.4, 0.5) is 0 Å². The van der Waals surface area contributed by atoms with E-state index in [-0.39, 0.29) is 6.10 Å². The molecule has 1 unspecified atom stereocenters. The Morgan fingerprint density at radius 1 is 1.32 bits per heavy atom. The van der Waals surface area contributed by atoms with Gasteiger partial charge in [-0.3, -0.25) is 0 Å². The van der Waals surface area contributed by atoms with Crippen molar-refractivity contribution in [2.24, 2.45) is 0 Å². The predicted molar refractivity (Wildman–Crippen MR) is 85.0 cm³/mol. The van der Waals surface area contributed by atoms with E-state index in [0.29, 0.717) is 10.0 Å². The summed E-state index contributed by atoms with van der Waals surface area (Å²) in [5.74, 6) is 1.12. The van der Waals surface area contributed by atoms with Gasteiger partial charge in [-0.2, -0.15) is 0 Å². The first-order chi connectivity index (χ1) is 9.20. The molecule has 1 atom stereocenters. The van der Waals surface area contributed by atoms with Gasteiger partial charge in [0.25, 0.3) is 0 Å². The number of unbranched alkanes of at least 4 members (excludes halogenated alkanes) is 1. The molecule has 1 aliphatic heterocycles. The maximum absolute atomic E-state index is 6.06. The Hall–Kier alpha value is -0.310. The van der Waals surface area contributed by atoms with Crippen LogP contribution in [-0.2, 0) is 4.74 Å². The van der Waals surface area contributed by atoms with Gasteiger partial charge in [0.05, 0.1) is 10.0 Å². The Labute approximate surface area is 129 Å². The monoisotopic (exact) mass is 316 g/mol. The Morgan fingerprint density at radius 2 is 2.16 bits per heavy atom. The van der Waals surface area contributed by atoms with E-state index in [1.807, 2.05) is 30.0 Å². The maximum atomic E-state index is 6.06. The number of halogens is 2. The third-order valence-corrected chi connectivity index (χ3v) is 4.84. The minimum atomic E-state index is 0.101. The molecule has 1 aliphatic rings. The van der Waals surface area contributed by atoms with E-state index in [2.05, 4.69) is 13.0 Å². The lowest BCUT2D eigenvalue weighted by Gasteiger charge is -2.25. The highest BCUT2D eigenvalue weighted by Crippen LogP contribution is 2.36. The van der Waals surface area contributed by atoms with Gasteiger partial charge in [-0.05, 0) is 43.0 Å². The fourth-order valence-corrected chi connectivity index (χ4v) is 3.32. The van der Waals surface area contributed by atoms with Gasteiger partial charge in [0.2, 0.25) is 0 Å². The minimum absolute atomic E-state index is 0.101. The van der Waals surface area contributed by atoms with Gasteiger partial charge >= 0.3 is 0 Å². The molecule has 0 N–H and O–H groups in total. The molecule has 0 aliphatic carbocycles. The standard InChI is InChI=1S/C15H18Cl2OS/c1-2-3-9-19-15-6-4-5-14(18-15)11-7-8-12(16)13(17)10-11/h6-8,10,14H,2-5,9H2,1H3. The van der Waals surface area contributed by atoms with E-state index >= 15 is 0 Å². The average molecular weight is 317 g/mol. The van der Waals surface area contributed by atoms with Gasteiger partial charge in [-0.1, -0.05) is 54.4 Å². The molecule has 1 aromatic carbocycles. The van der Waals surface area contributed by atoms with Gasteiger partial charge in [0.15, 0.2) is 0 Å². The Morgan fingerprint density at radius 3 is 2.89 bits per heavy atom. The molecule has 1 heterocycles. The van der Waals surface area contributed by atoms with Crippen molar-refractivity contribution < 1.29 is 4.74 Å². The normalized spacial score (nSPS) is 18.9. The van der Waals surface area contributed by atoms with E-state index in [9.17, 15) is 0 Å². The molecule has 1 nitrogen and oxygen atoms in total. The van der Waals surface area contributed by atoms with E-state index < -0.39 is 0 Å². The summed E-state index contributed by atoms with van der Waals surface area (Å²) in [6.45, 7) is 2.20. The molecule has 0 aromatic heterocycles. The first-order valence-corrected chi connectivity index (χ1v) is 8.39. The van der Waals surface area contributed by atoms with E-state index in [4.69, 9.17) is 27.9 Å². The molecule has 0 saturated heterocycles. The highest BCUT2D eigenvalue weighted by molar-refractivity contribution is 8.02. The van der Waals surface area contributed by atoms with Crippen molar-refractivity contribution in [3.8, 4) is 0 Å². The summed E-state index contributed by atoms with van der Waals surface area (Å²) in [6, 6.07) is 5.75. The SMILES string of the molecule is CCCCSC1=CCCC(c2ccc(Cl)c(Cl)c2)O1. The van der Waals surface area contributed by atoms with Crippen LogP contribution in [0, 0.1) is 0 Å². The van der Waals surface area contributed by atoms with Gasteiger partial charge in [0, 0.05) is 5.75 Å². The van der Waals surface area contributed by atoms with Gasteiger partial charge in [0.1, 0.15) is 11.2 Å². The van der Waals surface area contributed by atoms with Crippen LogP contribution in [0.2, 0.25) is 10.0 Å². The van der Waals surface area contributed by atoms with Gasteiger partial charge in [-0.15, -0.1) is 0 Å². The van der Waals surface area contributed by atoms with Crippen LogP contribution >= 0.6 is 35.0 Å². The molecule has 0 amide bonds. The van der Waals surface area contributed by atoms with Gasteiger partial charge in [-0.25, -0.2) is 0 Å². The van der Waals surface area contributed by atoms with Crippen molar-refractivity contribution in [2.45, 2.75) is 38.7 Å². The first kappa shape index (κ1) is 15.1. The average Bonchev–Trinajstić information content (AvgIpc) is 2.43. The fourth-order valence-electron chi connectivity index (χ4n) is 1.96. The second kappa shape index (κ2) is 7.47. The smallest absolute Gasteiger partial charge is 0.150 e. The lowest BCUT2D eigenvalue weighted by Crippen LogP contribution is -2.07. The molecule has 0 radical (unpaired) electrons. The van der Waals surface area contributed by atoms with E-state index in [1.165, 1.54) is 12.8 Å². The number of allylic oxidation sites excluding steroid dienone is 1. The molecule has 0 saturated carbocycles. The van der Waals surface area contributed by atoms with Crippen molar-refractivity contribution in [3.05, 3.63) is 45.0 Å². The van der Waals surface area contributed by atoms with E-state index in [0.717, 1.165) is 29.2 Å². The second-order valence-electron chi connectivity index (χ2n) is 4.58. The highest BCUT2D eigenvalue weighted by Gasteiger charge is 2.19. The van der Waals surface area contributed by atoms with Crippen LogP contribution in [-0.4, -0.2) is 5.75 Å². The van der Waals surface area contributed by atoms with Gasteiger partial charge < -0.3 is 4.74 Å². The Bertz CT molecular complexity index is 459. The van der Waals surface area contributed by atoms with Crippen molar-refractivity contribution in [2.75, 3.05) is 5.75 Å². The van der Waals surface area contributed by atoms with Crippen LogP contribution in [0.25, 0.3) is 0 Å². The predicted octanol–water partition coefficient (Wildman–Crippen LogP) is 6.22. The fraction of sp³-hybridized carbons (Fsp3) is 0.467. The quantitative estimate of drug-likeness (QED) is 0.596. The summed E-state index contributed by atoms with van der Waals surface area (Å²) in [7, 11) is 0. The molecular weight excluding hydrogens is 299 g/mol. The van der Waals surface area contributed by atoms with Crippen molar-refractivity contribution in [3.63, 3.8) is 0 Å². The summed E-state index contributed by atoms with van der Waals surface area (Å²) in [4.78, 5) is 0.